The zero-order valence-electron chi connectivity index (χ0n) is 12.9. The van der Waals surface area contributed by atoms with E-state index >= 15 is 0 Å². The molecule has 21 heavy (non-hydrogen) atoms. The van der Waals surface area contributed by atoms with Crippen LogP contribution in [0.25, 0.3) is 11.3 Å². The lowest BCUT2D eigenvalue weighted by atomic mass is 10.1. The standard InChI is InChI=1S/C16H21N3O2/c1-5-6-14-18-15(10(2)16(17)19-14)11-7-12(20-3)9-13(8-11)21-4/h7-9H,5-6H2,1-4H3,(H2,17,18,19). The fourth-order valence-electron chi connectivity index (χ4n) is 2.14. The van der Waals surface area contributed by atoms with Crippen LogP contribution in [0, 0.1) is 6.92 Å². The van der Waals surface area contributed by atoms with Crippen molar-refractivity contribution in [3.63, 3.8) is 0 Å². The van der Waals surface area contributed by atoms with E-state index in [1.807, 2.05) is 25.1 Å². The first kappa shape index (κ1) is 15.1. The van der Waals surface area contributed by atoms with Gasteiger partial charge in [0.1, 0.15) is 23.1 Å². The highest BCUT2D eigenvalue weighted by Crippen LogP contribution is 2.31. The summed E-state index contributed by atoms with van der Waals surface area (Å²) in [5.74, 6) is 2.72. The van der Waals surface area contributed by atoms with E-state index in [1.165, 1.54) is 0 Å². The summed E-state index contributed by atoms with van der Waals surface area (Å²) >= 11 is 0. The van der Waals surface area contributed by atoms with Gasteiger partial charge in [-0.3, -0.25) is 0 Å². The Morgan fingerprint density at radius 3 is 2.19 bits per heavy atom. The Morgan fingerprint density at radius 1 is 1.05 bits per heavy atom. The van der Waals surface area contributed by atoms with Crippen LogP contribution in [-0.4, -0.2) is 24.2 Å². The SMILES string of the molecule is CCCc1nc(N)c(C)c(-c2cc(OC)cc(OC)c2)n1. The number of anilines is 1. The molecule has 0 unspecified atom stereocenters. The van der Waals surface area contributed by atoms with Crippen LogP contribution in [0.1, 0.15) is 24.7 Å². The summed E-state index contributed by atoms with van der Waals surface area (Å²) in [6.07, 6.45) is 1.78. The van der Waals surface area contributed by atoms with Crippen LogP contribution < -0.4 is 15.2 Å². The van der Waals surface area contributed by atoms with Gasteiger partial charge >= 0.3 is 0 Å². The molecule has 1 aromatic heterocycles. The van der Waals surface area contributed by atoms with Gasteiger partial charge in [-0.05, 0) is 25.5 Å². The van der Waals surface area contributed by atoms with Crippen molar-refractivity contribution in [1.82, 2.24) is 9.97 Å². The van der Waals surface area contributed by atoms with Gasteiger partial charge in [-0.2, -0.15) is 0 Å². The molecule has 0 saturated carbocycles. The third-order valence-electron chi connectivity index (χ3n) is 3.33. The molecule has 1 heterocycles. The van der Waals surface area contributed by atoms with Gasteiger partial charge in [0.15, 0.2) is 0 Å². The van der Waals surface area contributed by atoms with Crippen molar-refractivity contribution in [2.75, 3.05) is 20.0 Å². The maximum Gasteiger partial charge on any atom is 0.131 e. The van der Waals surface area contributed by atoms with Crippen molar-refractivity contribution in [3.05, 3.63) is 29.6 Å². The first-order valence-corrected chi connectivity index (χ1v) is 6.95. The highest BCUT2D eigenvalue weighted by molar-refractivity contribution is 5.70. The number of ether oxygens (including phenoxy) is 2. The van der Waals surface area contributed by atoms with Gasteiger partial charge < -0.3 is 15.2 Å². The van der Waals surface area contributed by atoms with Crippen molar-refractivity contribution in [2.45, 2.75) is 26.7 Å². The van der Waals surface area contributed by atoms with Crippen LogP contribution in [0.15, 0.2) is 18.2 Å². The van der Waals surface area contributed by atoms with E-state index < -0.39 is 0 Å². The number of methoxy groups -OCH3 is 2. The van der Waals surface area contributed by atoms with Gasteiger partial charge in [-0.25, -0.2) is 9.97 Å². The fourth-order valence-corrected chi connectivity index (χ4v) is 2.14. The van der Waals surface area contributed by atoms with E-state index in [4.69, 9.17) is 15.2 Å². The average molecular weight is 287 g/mol. The third-order valence-corrected chi connectivity index (χ3v) is 3.33. The molecule has 0 amide bonds. The molecule has 0 bridgehead atoms. The Balaban J connectivity index is 2.59. The van der Waals surface area contributed by atoms with Crippen molar-refractivity contribution < 1.29 is 9.47 Å². The van der Waals surface area contributed by atoms with Crippen molar-refractivity contribution >= 4 is 5.82 Å². The first-order chi connectivity index (χ1) is 10.1. The maximum absolute atomic E-state index is 6.02. The topological polar surface area (TPSA) is 70.3 Å². The highest BCUT2D eigenvalue weighted by atomic mass is 16.5. The summed E-state index contributed by atoms with van der Waals surface area (Å²) in [6, 6.07) is 5.68. The zero-order chi connectivity index (χ0) is 15.4. The normalized spacial score (nSPS) is 10.5. The molecule has 0 spiro atoms. The summed E-state index contributed by atoms with van der Waals surface area (Å²) < 4.78 is 10.6. The van der Waals surface area contributed by atoms with Crippen molar-refractivity contribution in [1.29, 1.82) is 0 Å². The number of nitrogens with two attached hydrogens (primary N) is 1. The minimum absolute atomic E-state index is 0.519. The number of nitrogens with zero attached hydrogens (tertiary/aromatic N) is 2. The Labute approximate surface area is 125 Å². The number of nitrogen functional groups attached to an aromatic ring is 1. The lowest BCUT2D eigenvalue weighted by molar-refractivity contribution is 0.394. The second kappa shape index (κ2) is 6.43. The largest absolute Gasteiger partial charge is 0.497 e. The summed E-state index contributed by atoms with van der Waals surface area (Å²) in [5, 5.41) is 0. The molecule has 5 heteroatoms. The number of hydrogen-bond acceptors (Lipinski definition) is 5. The van der Waals surface area contributed by atoms with Crippen LogP contribution in [0.4, 0.5) is 5.82 Å². The van der Waals surface area contributed by atoms with Crippen molar-refractivity contribution in [3.8, 4) is 22.8 Å². The monoisotopic (exact) mass is 287 g/mol. The van der Waals surface area contributed by atoms with Gasteiger partial charge in [0.2, 0.25) is 0 Å². The molecule has 0 aliphatic carbocycles. The van der Waals surface area contributed by atoms with E-state index in [-0.39, 0.29) is 0 Å². The molecule has 2 rings (SSSR count). The second-order valence-electron chi connectivity index (χ2n) is 4.85. The van der Waals surface area contributed by atoms with Crippen LogP contribution in [0.3, 0.4) is 0 Å². The van der Waals surface area contributed by atoms with E-state index in [2.05, 4.69) is 16.9 Å². The fraction of sp³-hybridized carbons (Fsp3) is 0.375. The van der Waals surface area contributed by atoms with E-state index in [9.17, 15) is 0 Å². The summed E-state index contributed by atoms with van der Waals surface area (Å²) in [7, 11) is 3.25. The maximum atomic E-state index is 6.02. The molecule has 0 fully saturated rings. The van der Waals surface area contributed by atoms with Crippen LogP contribution in [0.5, 0.6) is 11.5 Å². The lowest BCUT2D eigenvalue weighted by Crippen LogP contribution is -2.05. The van der Waals surface area contributed by atoms with Crippen molar-refractivity contribution in [2.24, 2.45) is 0 Å². The number of aryl methyl sites for hydroxylation is 1. The molecule has 0 radical (unpaired) electrons. The molecular formula is C16H21N3O2. The van der Waals surface area contributed by atoms with Crippen LogP contribution in [0.2, 0.25) is 0 Å². The second-order valence-corrected chi connectivity index (χ2v) is 4.85. The number of hydrogen-bond donors (Lipinski definition) is 1. The van der Waals surface area contributed by atoms with Gasteiger partial charge in [-0.15, -0.1) is 0 Å². The molecule has 2 aromatic rings. The molecule has 1 aromatic carbocycles. The molecule has 0 aliphatic rings. The predicted molar refractivity (Wildman–Crippen MR) is 83.7 cm³/mol. The Hall–Kier alpha value is -2.30. The Bertz CT molecular complexity index is 619. The molecule has 0 saturated heterocycles. The summed E-state index contributed by atoms with van der Waals surface area (Å²) in [6.45, 7) is 4.01. The number of rotatable bonds is 5. The van der Waals surface area contributed by atoms with Crippen LogP contribution in [-0.2, 0) is 6.42 Å². The zero-order valence-corrected chi connectivity index (χ0v) is 12.9. The Kier molecular flexibility index (Phi) is 4.62. The smallest absolute Gasteiger partial charge is 0.131 e. The molecule has 2 N–H and O–H groups in total. The van der Waals surface area contributed by atoms with Gasteiger partial charge in [0.05, 0.1) is 19.9 Å². The van der Waals surface area contributed by atoms with E-state index in [1.54, 1.807) is 14.2 Å². The Morgan fingerprint density at radius 2 is 1.67 bits per heavy atom. The first-order valence-electron chi connectivity index (χ1n) is 6.95. The lowest BCUT2D eigenvalue weighted by Gasteiger charge is -2.12. The van der Waals surface area contributed by atoms with E-state index in [0.29, 0.717) is 5.82 Å². The quantitative estimate of drug-likeness (QED) is 0.915. The number of aromatic nitrogens is 2. The van der Waals surface area contributed by atoms with Gasteiger partial charge in [0.25, 0.3) is 0 Å². The summed E-state index contributed by atoms with van der Waals surface area (Å²) in [5.41, 5.74) is 8.62. The van der Waals surface area contributed by atoms with E-state index in [0.717, 1.165) is 47.0 Å². The summed E-state index contributed by atoms with van der Waals surface area (Å²) in [4.78, 5) is 8.98. The highest BCUT2D eigenvalue weighted by Gasteiger charge is 2.13. The predicted octanol–water partition coefficient (Wildman–Crippen LogP) is 3.00. The minimum atomic E-state index is 0.519. The van der Waals surface area contributed by atoms with Gasteiger partial charge in [0, 0.05) is 23.6 Å². The molecule has 112 valence electrons. The van der Waals surface area contributed by atoms with Crippen LogP contribution >= 0.6 is 0 Å². The molecule has 0 aliphatic heterocycles. The molecule has 5 nitrogen and oxygen atoms in total. The molecular weight excluding hydrogens is 266 g/mol. The average Bonchev–Trinajstić information content (AvgIpc) is 2.50. The third kappa shape index (κ3) is 3.24. The minimum Gasteiger partial charge on any atom is -0.497 e. The molecule has 0 atom stereocenters. The number of benzene rings is 1. The van der Waals surface area contributed by atoms with Gasteiger partial charge in [-0.1, -0.05) is 6.92 Å².